The van der Waals surface area contributed by atoms with E-state index >= 15 is 0 Å². The smallest absolute Gasteiger partial charge is 0.246 e. The van der Waals surface area contributed by atoms with Gasteiger partial charge >= 0.3 is 0 Å². The number of pyridine rings is 1. The Bertz CT molecular complexity index is 1840. The minimum absolute atomic E-state index is 0.0632. The summed E-state index contributed by atoms with van der Waals surface area (Å²) in [6.07, 6.45) is 4.32. The molecule has 0 unspecified atom stereocenters. The van der Waals surface area contributed by atoms with Gasteiger partial charge in [-0.15, -0.1) is 0 Å². The van der Waals surface area contributed by atoms with E-state index in [0.29, 0.717) is 42.0 Å². The van der Waals surface area contributed by atoms with Crippen LogP contribution in [0.5, 0.6) is 5.88 Å². The highest BCUT2D eigenvalue weighted by molar-refractivity contribution is 6.37. The normalized spacial score (nSPS) is 21.6. The quantitative estimate of drug-likeness (QED) is 0.248. The second-order valence-corrected chi connectivity index (χ2v) is 12.0. The topological polar surface area (TPSA) is 72.7 Å². The predicted molar refractivity (Wildman–Crippen MR) is 167 cm³/mol. The Morgan fingerprint density at radius 2 is 2.07 bits per heavy atom. The number of fused-ring (bicyclic) bond motifs is 3. The summed E-state index contributed by atoms with van der Waals surface area (Å²) in [7, 11) is 2.09. The van der Waals surface area contributed by atoms with Gasteiger partial charge in [0.2, 0.25) is 11.8 Å². The van der Waals surface area contributed by atoms with Crippen LogP contribution in [0, 0.1) is 17.1 Å². The highest BCUT2D eigenvalue weighted by Gasteiger charge is 2.49. The largest absolute Gasteiger partial charge is 0.475 e. The molecule has 0 saturated carbocycles. The minimum atomic E-state index is -0.470. The summed E-state index contributed by atoms with van der Waals surface area (Å²) >= 11 is 6.48. The number of benzene rings is 3. The maximum absolute atomic E-state index is 14.5. The van der Waals surface area contributed by atoms with Crippen LogP contribution in [0.1, 0.15) is 24.8 Å². The Kier molecular flexibility index (Phi) is 6.95. The molecule has 3 aliphatic rings. The van der Waals surface area contributed by atoms with Crippen molar-refractivity contribution >= 4 is 44.9 Å². The molecule has 3 fully saturated rings. The van der Waals surface area contributed by atoms with Crippen LogP contribution >= 0.6 is 11.6 Å². The average Bonchev–Trinajstić information content (AvgIpc) is 3.58. The van der Waals surface area contributed by atoms with E-state index in [4.69, 9.17) is 21.3 Å². The Labute approximate surface area is 254 Å². The second-order valence-electron chi connectivity index (χ2n) is 11.6. The standard InChI is InChI=1S/C34H31ClFN5O2/c1-3-30(42)40-15-13-28-29(40)18-41(28)33-24-11-9-21(23-8-4-6-20-10-12-26(36)32(35)31(20)23)16-27(24)38-34(25(33)17-37)43-19-22-7-5-14-39(22)2/h3-4,6,8-12,16,22,28-29H,1,5,7,13-15,18-19H2,2H3/t22-,28+,29+/m0/s1. The van der Waals surface area contributed by atoms with E-state index in [2.05, 4.69) is 29.5 Å². The van der Waals surface area contributed by atoms with Gasteiger partial charge in [0.05, 0.1) is 28.3 Å². The van der Waals surface area contributed by atoms with E-state index < -0.39 is 5.82 Å². The molecule has 0 spiro atoms. The highest BCUT2D eigenvalue weighted by atomic mass is 35.5. The monoisotopic (exact) mass is 595 g/mol. The number of nitrogens with zero attached hydrogens (tertiary/aromatic N) is 5. The number of halogens is 2. The summed E-state index contributed by atoms with van der Waals surface area (Å²) in [4.78, 5) is 23.7. The van der Waals surface area contributed by atoms with E-state index in [1.54, 1.807) is 6.07 Å². The molecule has 218 valence electrons. The second kappa shape index (κ2) is 10.8. The zero-order valence-corrected chi connectivity index (χ0v) is 24.6. The first-order chi connectivity index (χ1) is 20.9. The van der Waals surface area contributed by atoms with Crippen molar-refractivity contribution in [3.05, 3.63) is 77.6 Å². The van der Waals surface area contributed by atoms with Crippen LogP contribution < -0.4 is 9.64 Å². The zero-order valence-electron chi connectivity index (χ0n) is 23.9. The van der Waals surface area contributed by atoms with Gasteiger partial charge in [0.15, 0.2) is 0 Å². The van der Waals surface area contributed by atoms with Gasteiger partial charge < -0.3 is 19.4 Å². The Morgan fingerprint density at radius 1 is 1.21 bits per heavy atom. The van der Waals surface area contributed by atoms with Gasteiger partial charge in [-0.25, -0.2) is 9.37 Å². The van der Waals surface area contributed by atoms with Crippen LogP contribution in [-0.2, 0) is 4.79 Å². The molecule has 9 heteroatoms. The molecule has 0 aliphatic carbocycles. The van der Waals surface area contributed by atoms with Gasteiger partial charge in [0.1, 0.15) is 24.1 Å². The van der Waals surface area contributed by atoms with Gasteiger partial charge in [-0.1, -0.05) is 54.6 Å². The van der Waals surface area contributed by atoms with E-state index in [0.717, 1.165) is 53.4 Å². The minimum Gasteiger partial charge on any atom is -0.475 e. The molecule has 3 aromatic carbocycles. The van der Waals surface area contributed by atoms with Crippen LogP contribution in [0.15, 0.2) is 61.2 Å². The summed E-state index contributed by atoms with van der Waals surface area (Å²) in [5.74, 6) is -0.223. The first-order valence-electron chi connectivity index (χ1n) is 14.7. The molecule has 7 rings (SSSR count). The first kappa shape index (κ1) is 27.6. The molecule has 0 radical (unpaired) electrons. The van der Waals surface area contributed by atoms with Crippen LogP contribution in [0.25, 0.3) is 32.8 Å². The number of likely N-dealkylation sites (tertiary alicyclic amines) is 2. The molecule has 4 aromatic rings. The van der Waals surface area contributed by atoms with Gasteiger partial charge in [-0.05, 0) is 67.6 Å². The fraction of sp³-hybridized carbons (Fsp3) is 0.324. The molecule has 7 nitrogen and oxygen atoms in total. The van der Waals surface area contributed by atoms with E-state index in [9.17, 15) is 14.4 Å². The fourth-order valence-corrected chi connectivity index (χ4v) is 7.35. The number of likely N-dealkylation sites (N-methyl/N-ethyl adjacent to an activating group) is 1. The maximum Gasteiger partial charge on any atom is 0.246 e. The van der Waals surface area contributed by atoms with Crippen molar-refractivity contribution in [1.82, 2.24) is 14.8 Å². The lowest BCUT2D eigenvalue weighted by atomic mass is 9.92. The summed E-state index contributed by atoms with van der Waals surface area (Å²) < 4.78 is 20.9. The van der Waals surface area contributed by atoms with Crippen molar-refractivity contribution < 1.29 is 13.9 Å². The Balaban J connectivity index is 1.36. The van der Waals surface area contributed by atoms with Gasteiger partial charge in [0.25, 0.3) is 0 Å². The number of hydrogen-bond donors (Lipinski definition) is 0. The lowest BCUT2D eigenvalue weighted by Gasteiger charge is -2.48. The van der Waals surface area contributed by atoms with E-state index in [-0.39, 0.29) is 29.1 Å². The fourth-order valence-electron chi connectivity index (χ4n) is 7.08. The summed E-state index contributed by atoms with van der Waals surface area (Å²) in [6.45, 7) is 6.39. The molecule has 1 aromatic heterocycles. The number of ether oxygens (including phenoxy) is 1. The molecule has 3 aliphatic heterocycles. The lowest BCUT2D eigenvalue weighted by molar-refractivity contribution is -0.127. The van der Waals surface area contributed by atoms with Crippen LogP contribution in [0.2, 0.25) is 5.02 Å². The first-order valence-corrected chi connectivity index (χ1v) is 15.0. The van der Waals surface area contributed by atoms with Crippen molar-refractivity contribution in [2.75, 3.05) is 38.2 Å². The summed E-state index contributed by atoms with van der Waals surface area (Å²) in [5.41, 5.74) is 3.49. The van der Waals surface area contributed by atoms with Crippen LogP contribution in [0.3, 0.4) is 0 Å². The lowest BCUT2D eigenvalue weighted by Crippen LogP contribution is -2.63. The number of carbonyl (C=O) groups is 1. The molecular weight excluding hydrogens is 565 g/mol. The Hall–Kier alpha value is -4.19. The van der Waals surface area contributed by atoms with Gasteiger partial charge in [-0.3, -0.25) is 4.79 Å². The highest BCUT2D eigenvalue weighted by Crippen LogP contribution is 2.45. The third-order valence-electron chi connectivity index (χ3n) is 9.41. The molecule has 4 heterocycles. The molecule has 43 heavy (non-hydrogen) atoms. The zero-order chi connectivity index (χ0) is 29.8. The molecule has 1 amide bonds. The van der Waals surface area contributed by atoms with Crippen LogP contribution in [0.4, 0.5) is 10.1 Å². The number of amides is 1. The number of rotatable bonds is 6. The predicted octanol–water partition coefficient (Wildman–Crippen LogP) is 6.17. The van der Waals surface area contributed by atoms with Crippen molar-refractivity contribution in [1.29, 1.82) is 5.26 Å². The third-order valence-corrected chi connectivity index (χ3v) is 9.78. The van der Waals surface area contributed by atoms with Crippen molar-refractivity contribution in [2.24, 2.45) is 0 Å². The number of aromatic nitrogens is 1. The average molecular weight is 596 g/mol. The molecular formula is C34H31ClFN5O2. The van der Waals surface area contributed by atoms with Crippen molar-refractivity contribution in [3.8, 4) is 23.1 Å². The van der Waals surface area contributed by atoms with E-state index in [1.807, 2.05) is 41.3 Å². The van der Waals surface area contributed by atoms with Gasteiger partial charge in [-0.2, -0.15) is 5.26 Å². The summed E-state index contributed by atoms with van der Waals surface area (Å²) in [6, 6.07) is 17.6. The Morgan fingerprint density at radius 3 is 2.84 bits per heavy atom. The molecule has 3 atom stereocenters. The maximum atomic E-state index is 14.5. The van der Waals surface area contributed by atoms with E-state index in [1.165, 1.54) is 12.1 Å². The van der Waals surface area contributed by atoms with Crippen molar-refractivity contribution in [3.63, 3.8) is 0 Å². The van der Waals surface area contributed by atoms with Crippen LogP contribution in [-0.4, -0.2) is 72.1 Å². The number of carbonyl (C=O) groups excluding carboxylic acids is 1. The molecule has 0 bridgehead atoms. The number of anilines is 1. The summed E-state index contributed by atoms with van der Waals surface area (Å²) in [5, 5.41) is 12.9. The molecule has 3 saturated heterocycles. The third kappa shape index (κ3) is 4.50. The van der Waals surface area contributed by atoms with Crippen molar-refractivity contribution in [2.45, 2.75) is 37.4 Å². The number of nitriles is 1. The SMILES string of the molecule is C=CC(=O)N1CC[C@@H]2[C@H]1CN2c1c(C#N)c(OC[C@@H]2CCCN2C)nc2cc(-c3cccc4ccc(F)c(Cl)c34)ccc12. The number of hydrogen-bond acceptors (Lipinski definition) is 6. The van der Waals surface area contributed by atoms with Gasteiger partial charge in [0, 0.05) is 29.9 Å². The molecule has 0 N–H and O–H groups in total.